The van der Waals surface area contributed by atoms with Gasteiger partial charge in [0.2, 0.25) is 0 Å². The molecule has 0 atom stereocenters. The Kier molecular flexibility index (Phi) is 5.19. The summed E-state index contributed by atoms with van der Waals surface area (Å²) in [5.74, 6) is -0.570. The topological polar surface area (TPSA) is 60.4 Å². The van der Waals surface area contributed by atoms with Crippen molar-refractivity contribution in [2.75, 3.05) is 6.61 Å². The lowest BCUT2D eigenvalue weighted by molar-refractivity contribution is 0.0504. The molecule has 0 bridgehead atoms. The summed E-state index contributed by atoms with van der Waals surface area (Å²) in [5, 5.41) is 0. The summed E-state index contributed by atoms with van der Waals surface area (Å²) >= 11 is 3.19. The minimum Gasteiger partial charge on any atom is -0.462 e. The van der Waals surface area contributed by atoms with E-state index in [1.54, 1.807) is 6.92 Å². The third-order valence-electron chi connectivity index (χ3n) is 2.23. The first-order chi connectivity index (χ1) is 8.27. The standard InChI is InChI=1S/C11H12BrClO4S/c1-3-4-17-11(14)8-5-9(12)7(2)10(6-8)18(13,15)16/h5-6H,3-4H2,1-2H3. The molecule has 0 spiro atoms. The van der Waals surface area contributed by atoms with E-state index in [9.17, 15) is 13.2 Å². The van der Waals surface area contributed by atoms with Crippen molar-refractivity contribution in [2.24, 2.45) is 0 Å². The van der Waals surface area contributed by atoms with Gasteiger partial charge in [-0.05, 0) is 31.0 Å². The molecule has 0 aromatic heterocycles. The van der Waals surface area contributed by atoms with E-state index in [1.165, 1.54) is 12.1 Å². The van der Waals surface area contributed by atoms with Crippen LogP contribution in [-0.4, -0.2) is 21.0 Å². The van der Waals surface area contributed by atoms with E-state index < -0.39 is 15.0 Å². The molecule has 7 heteroatoms. The molecule has 0 aliphatic carbocycles. The van der Waals surface area contributed by atoms with Crippen LogP contribution in [-0.2, 0) is 13.8 Å². The van der Waals surface area contributed by atoms with E-state index in [0.717, 1.165) is 0 Å². The third-order valence-corrected chi connectivity index (χ3v) is 4.50. The Bertz CT molecular complexity index is 569. The van der Waals surface area contributed by atoms with Crippen molar-refractivity contribution >= 4 is 41.6 Å². The number of hydrogen-bond donors (Lipinski definition) is 0. The maximum atomic E-state index is 11.7. The molecule has 4 nitrogen and oxygen atoms in total. The number of hydrogen-bond acceptors (Lipinski definition) is 4. The second-order valence-electron chi connectivity index (χ2n) is 3.65. The number of benzene rings is 1. The van der Waals surface area contributed by atoms with Crippen LogP contribution in [0.1, 0.15) is 29.3 Å². The minimum absolute atomic E-state index is 0.0954. The van der Waals surface area contributed by atoms with Gasteiger partial charge in [-0.3, -0.25) is 0 Å². The van der Waals surface area contributed by atoms with Crippen molar-refractivity contribution in [3.8, 4) is 0 Å². The number of halogens is 2. The largest absolute Gasteiger partial charge is 0.462 e. The number of carbonyl (C=O) groups excluding carboxylic acids is 1. The Hall–Kier alpha value is -0.590. The van der Waals surface area contributed by atoms with Gasteiger partial charge >= 0.3 is 5.97 Å². The molecule has 18 heavy (non-hydrogen) atoms. The molecule has 1 aromatic rings. The fourth-order valence-corrected chi connectivity index (χ4v) is 3.12. The van der Waals surface area contributed by atoms with E-state index >= 15 is 0 Å². The number of rotatable bonds is 4. The van der Waals surface area contributed by atoms with Crippen molar-refractivity contribution in [3.63, 3.8) is 0 Å². The summed E-state index contributed by atoms with van der Waals surface area (Å²) in [5.41, 5.74) is 0.609. The monoisotopic (exact) mass is 354 g/mol. The highest BCUT2D eigenvalue weighted by atomic mass is 79.9. The van der Waals surface area contributed by atoms with Crippen molar-refractivity contribution in [1.29, 1.82) is 0 Å². The highest BCUT2D eigenvalue weighted by Crippen LogP contribution is 2.28. The predicted molar refractivity (Wildman–Crippen MR) is 72.5 cm³/mol. The lowest BCUT2D eigenvalue weighted by Gasteiger charge is -2.08. The van der Waals surface area contributed by atoms with E-state index in [2.05, 4.69) is 15.9 Å². The highest BCUT2D eigenvalue weighted by Gasteiger charge is 2.19. The van der Waals surface area contributed by atoms with Crippen LogP contribution in [0.25, 0.3) is 0 Å². The SMILES string of the molecule is CCCOC(=O)c1cc(Br)c(C)c(S(=O)(=O)Cl)c1. The van der Waals surface area contributed by atoms with Gasteiger partial charge in [0.05, 0.1) is 17.1 Å². The van der Waals surface area contributed by atoms with E-state index in [-0.39, 0.29) is 17.1 Å². The second-order valence-corrected chi connectivity index (χ2v) is 7.04. The van der Waals surface area contributed by atoms with Gasteiger partial charge in [-0.1, -0.05) is 22.9 Å². The zero-order chi connectivity index (χ0) is 13.9. The molecule has 0 fully saturated rings. The van der Waals surface area contributed by atoms with Crippen LogP contribution >= 0.6 is 26.6 Å². The second kappa shape index (κ2) is 6.04. The lowest BCUT2D eigenvalue weighted by atomic mass is 10.1. The molecule has 0 unspecified atom stereocenters. The molecule has 0 radical (unpaired) electrons. The van der Waals surface area contributed by atoms with Gasteiger partial charge in [-0.15, -0.1) is 0 Å². The minimum atomic E-state index is -3.90. The molecule has 1 aromatic carbocycles. The summed E-state index contributed by atoms with van der Waals surface area (Å²) in [6.07, 6.45) is 0.694. The Morgan fingerprint density at radius 2 is 2.06 bits per heavy atom. The van der Waals surface area contributed by atoms with Crippen LogP contribution in [0.3, 0.4) is 0 Å². The number of carbonyl (C=O) groups is 1. The Balaban J connectivity index is 3.25. The van der Waals surface area contributed by atoms with Crippen LogP contribution in [0.15, 0.2) is 21.5 Å². The maximum Gasteiger partial charge on any atom is 0.338 e. The fraction of sp³-hybridized carbons (Fsp3) is 0.364. The summed E-state index contributed by atoms with van der Waals surface area (Å²) < 4.78 is 28.2. The predicted octanol–water partition coefficient (Wildman–Crippen LogP) is 3.25. The van der Waals surface area contributed by atoms with Gasteiger partial charge in [-0.25, -0.2) is 13.2 Å². The average molecular weight is 356 g/mol. The summed E-state index contributed by atoms with van der Waals surface area (Å²) in [4.78, 5) is 11.6. The third kappa shape index (κ3) is 3.70. The smallest absolute Gasteiger partial charge is 0.338 e. The molecular formula is C11H12BrClO4S. The normalized spacial score (nSPS) is 11.3. The first kappa shape index (κ1) is 15.5. The van der Waals surface area contributed by atoms with Crippen LogP contribution in [0.2, 0.25) is 0 Å². The average Bonchev–Trinajstić information content (AvgIpc) is 2.27. The first-order valence-electron chi connectivity index (χ1n) is 5.19. The van der Waals surface area contributed by atoms with Crippen LogP contribution in [0, 0.1) is 6.92 Å². The van der Waals surface area contributed by atoms with E-state index in [0.29, 0.717) is 16.5 Å². The molecular weight excluding hydrogens is 344 g/mol. The zero-order valence-corrected chi connectivity index (χ0v) is 13.0. The molecule has 0 saturated heterocycles. The van der Waals surface area contributed by atoms with Gasteiger partial charge in [-0.2, -0.15) is 0 Å². The van der Waals surface area contributed by atoms with Crippen molar-refractivity contribution in [1.82, 2.24) is 0 Å². The molecule has 0 aliphatic heterocycles. The Morgan fingerprint density at radius 1 is 1.44 bits per heavy atom. The van der Waals surface area contributed by atoms with E-state index in [4.69, 9.17) is 15.4 Å². The summed E-state index contributed by atoms with van der Waals surface area (Å²) in [7, 11) is 1.42. The maximum absolute atomic E-state index is 11.7. The van der Waals surface area contributed by atoms with Crippen LogP contribution in [0.5, 0.6) is 0 Å². The van der Waals surface area contributed by atoms with Crippen LogP contribution < -0.4 is 0 Å². The Morgan fingerprint density at radius 3 is 2.56 bits per heavy atom. The molecule has 100 valence electrons. The van der Waals surface area contributed by atoms with Crippen LogP contribution in [0.4, 0.5) is 0 Å². The molecule has 0 heterocycles. The van der Waals surface area contributed by atoms with Gasteiger partial charge < -0.3 is 4.74 Å². The van der Waals surface area contributed by atoms with Crippen molar-refractivity contribution in [2.45, 2.75) is 25.2 Å². The van der Waals surface area contributed by atoms with E-state index in [1.807, 2.05) is 6.92 Å². The van der Waals surface area contributed by atoms with Crippen molar-refractivity contribution in [3.05, 3.63) is 27.7 Å². The Labute approximate surface area is 119 Å². The lowest BCUT2D eigenvalue weighted by Crippen LogP contribution is -2.08. The van der Waals surface area contributed by atoms with Gasteiger partial charge in [0.15, 0.2) is 0 Å². The van der Waals surface area contributed by atoms with Gasteiger partial charge in [0.25, 0.3) is 9.05 Å². The quantitative estimate of drug-likeness (QED) is 0.614. The zero-order valence-electron chi connectivity index (χ0n) is 9.87. The molecule has 0 N–H and O–H groups in total. The first-order valence-corrected chi connectivity index (χ1v) is 8.29. The highest BCUT2D eigenvalue weighted by molar-refractivity contribution is 9.10. The van der Waals surface area contributed by atoms with Crippen molar-refractivity contribution < 1.29 is 17.9 Å². The number of esters is 1. The number of ether oxygens (including phenoxy) is 1. The fourth-order valence-electron chi connectivity index (χ4n) is 1.30. The molecule has 0 saturated carbocycles. The van der Waals surface area contributed by atoms with Gasteiger partial charge in [0.1, 0.15) is 0 Å². The molecule has 1 rings (SSSR count). The summed E-state index contributed by atoms with van der Waals surface area (Å²) in [6.45, 7) is 3.75. The molecule has 0 aliphatic rings. The van der Waals surface area contributed by atoms with Gasteiger partial charge in [0, 0.05) is 15.2 Å². The summed E-state index contributed by atoms with van der Waals surface area (Å²) in [6, 6.07) is 2.74. The molecule has 0 amide bonds.